The van der Waals surface area contributed by atoms with E-state index in [0.717, 1.165) is 17.7 Å². The first-order valence-corrected chi connectivity index (χ1v) is 8.25. The van der Waals surface area contributed by atoms with Crippen molar-refractivity contribution < 1.29 is 14.3 Å². The minimum absolute atomic E-state index is 0.0282. The van der Waals surface area contributed by atoms with E-state index in [-0.39, 0.29) is 24.2 Å². The van der Waals surface area contributed by atoms with Gasteiger partial charge in [-0.15, -0.1) is 0 Å². The summed E-state index contributed by atoms with van der Waals surface area (Å²) in [6, 6.07) is 11.4. The number of likely N-dealkylation sites (tertiary alicyclic amines) is 1. The predicted molar refractivity (Wildman–Crippen MR) is 88.8 cm³/mol. The van der Waals surface area contributed by atoms with Crippen molar-refractivity contribution in [1.29, 1.82) is 0 Å². The Hall–Kier alpha value is -2.27. The van der Waals surface area contributed by atoms with Gasteiger partial charge in [0.2, 0.25) is 5.91 Å². The molecule has 2 heterocycles. The lowest BCUT2D eigenvalue weighted by atomic mass is 9.92. The molecular formula is C19H21FN2O2. The first kappa shape index (κ1) is 16.6. The summed E-state index contributed by atoms with van der Waals surface area (Å²) in [5.74, 6) is -0.314. The molecule has 1 aliphatic heterocycles. The lowest BCUT2D eigenvalue weighted by Gasteiger charge is -2.39. The van der Waals surface area contributed by atoms with E-state index in [1.54, 1.807) is 23.2 Å². The van der Waals surface area contributed by atoms with Crippen molar-refractivity contribution in [2.75, 3.05) is 6.54 Å². The number of nitrogens with zero attached hydrogens (tertiary/aromatic N) is 2. The molecule has 5 heteroatoms. The molecule has 0 aliphatic carbocycles. The second-order valence-electron chi connectivity index (χ2n) is 6.19. The Labute approximate surface area is 141 Å². The number of piperidine rings is 1. The maximum atomic E-state index is 13.1. The van der Waals surface area contributed by atoms with Crippen molar-refractivity contribution in [1.82, 2.24) is 9.88 Å². The number of aliphatic hydroxyl groups excluding tert-OH is 1. The van der Waals surface area contributed by atoms with Crippen molar-refractivity contribution in [3.8, 4) is 0 Å². The van der Waals surface area contributed by atoms with Gasteiger partial charge < -0.3 is 10.0 Å². The fourth-order valence-electron chi connectivity index (χ4n) is 3.21. The van der Waals surface area contributed by atoms with Gasteiger partial charge in [0.05, 0.1) is 18.6 Å². The fourth-order valence-corrected chi connectivity index (χ4v) is 3.21. The Morgan fingerprint density at radius 3 is 2.75 bits per heavy atom. The molecule has 24 heavy (non-hydrogen) atoms. The van der Waals surface area contributed by atoms with Crippen LogP contribution in [0.5, 0.6) is 0 Å². The summed E-state index contributed by atoms with van der Waals surface area (Å²) in [5.41, 5.74) is 1.64. The molecule has 1 amide bonds. The average molecular weight is 328 g/mol. The van der Waals surface area contributed by atoms with Gasteiger partial charge in [0.1, 0.15) is 5.82 Å². The molecule has 1 fully saturated rings. The molecule has 2 atom stereocenters. The average Bonchev–Trinajstić information content (AvgIpc) is 2.59. The summed E-state index contributed by atoms with van der Waals surface area (Å²) in [6.07, 6.45) is 3.33. The highest BCUT2D eigenvalue weighted by atomic mass is 19.1. The van der Waals surface area contributed by atoms with Gasteiger partial charge in [0, 0.05) is 18.4 Å². The maximum absolute atomic E-state index is 13.1. The number of hydrogen-bond acceptors (Lipinski definition) is 3. The number of halogens is 1. The first-order valence-electron chi connectivity index (χ1n) is 8.25. The van der Waals surface area contributed by atoms with Crippen LogP contribution in [0.1, 0.15) is 24.1 Å². The van der Waals surface area contributed by atoms with Gasteiger partial charge in [-0.2, -0.15) is 0 Å². The van der Waals surface area contributed by atoms with Crippen molar-refractivity contribution in [3.05, 3.63) is 65.7 Å². The Kier molecular flexibility index (Phi) is 5.20. The van der Waals surface area contributed by atoms with Crippen LogP contribution < -0.4 is 0 Å². The zero-order valence-corrected chi connectivity index (χ0v) is 13.4. The molecule has 4 nitrogen and oxygen atoms in total. The maximum Gasteiger partial charge on any atom is 0.228 e. The second kappa shape index (κ2) is 7.53. The lowest BCUT2D eigenvalue weighted by Crippen LogP contribution is -2.52. The van der Waals surface area contributed by atoms with Gasteiger partial charge in [0.25, 0.3) is 0 Å². The largest absolute Gasteiger partial charge is 0.391 e. The van der Waals surface area contributed by atoms with Gasteiger partial charge in [-0.3, -0.25) is 9.78 Å². The third kappa shape index (κ3) is 3.97. The summed E-state index contributed by atoms with van der Waals surface area (Å²) < 4.78 is 13.1. The van der Waals surface area contributed by atoms with Crippen LogP contribution in [0.3, 0.4) is 0 Å². The molecule has 3 rings (SSSR count). The monoisotopic (exact) mass is 328 g/mol. The first-order chi connectivity index (χ1) is 11.6. The SMILES string of the molecule is O=C(Cc1ccccn1)N1CCC[C@H](O)[C@@H]1Cc1ccc(F)cc1. The van der Waals surface area contributed by atoms with E-state index in [9.17, 15) is 14.3 Å². The van der Waals surface area contributed by atoms with Crippen LogP contribution in [0.25, 0.3) is 0 Å². The van der Waals surface area contributed by atoms with Crippen LogP contribution in [0.15, 0.2) is 48.7 Å². The smallest absolute Gasteiger partial charge is 0.228 e. The van der Waals surface area contributed by atoms with Crippen LogP contribution in [-0.2, 0) is 17.6 Å². The van der Waals surface area contributed by atoms with Crippen molar-refractivity contribution in [2.45, 2.75) is 37.8 Å². The summed E-state index contributed by atoms with van der Waals surface area (Å²) in [7, 11) is 0. The molecule has 1 aromatic heterocycles. The van der Waals surface area contributed by atoms with E-state index in [0.29, 0.717) is 19.4 Å². The third-order valence-corrected chi connectivity index (χ3v) is 4.48. The fraction of sp³-hybridized carbons (Fsp3) is 0.368. The van der Waals surface area contributed by atoms with Crippen molar-refractivity contribution >= 4 is 5.91 Å². The molecular weight excluding hydrogens is 307 g/mol. The van der Waals surface area contributed by atoms with Crippen LogP contribution >= 0.6 is 0 Å². The summed E-state index contributed by atoms with van der Waals surface area (Å²) in [5, 5.41) is 10.4. The molecule has 126 valence electrons. The predicted octanol–water partition coefficient (Wildman–Crippen LogP) is 2.36. The zero-order valence-electron chi connectivity index (χ0n) is 13.4. The molecule has 1 aromatic carbocycles. The van der Waals surface area contributed by atoms with Crippen LogP contribution in [0.2, 0.25) is 0 Å². The molecule has 0 saturated carbocycles. The van der Waals surface area contributed by atoms with E-state index in [1.165, 1.54) is 12.1 Å². The second-order valence-corrected chi connectivity index (χ2v) is 6.19. The number of aromatic nitrogens is 1. The number of aliphatic hydroxyl groups is 1. The molecule has 0 radical (unpaired) electrons. The number of amides is 1. The van der Waals surface area contributed by atoms with Crippen LogP contribution in [-0.4, -0.2) is 39.6 Å². The number of hydrogen-bond donors (Lipinski definition) is 1. The van der Waals surface area contributed by atoms with Gasteiger partial charge in [-0.25, -0.2) is 4.39 Å². The number of benzene rings is 1. The summed E-state index contributed by atoms with van der Waals surface area (Å²) >= 11 is 0. The number of carbonyl (C=O) groups excluding carboxylic acids is 1. The Morgan fingerprint density at radius 1 is 1.25 bits per heavy atom. The minimum Gasteiger partial charge on any atom is -0.391 e. The van der Waals surface area contributed by atoms with Gasteiger partial charge in [-0.05, 0) is 49.1 Å². The Balaban J connectivity index is 1.73. The summed E-state index contributed by atoms with van der Waals surface area (Å²) in [4.78, 5) is 18.6. The topological polar surface area (TPSA) is 53.4 Å². The number of carbonyl (C=O) groups is 1. The molecule has 0 unspecified atom stereocenters. The third-order valence-electron chi connectivity index (χ3n) is 4.48. The van der Waals surface area contributed by atoms with E-state index in [2.05, 4.69) is 4.98 Å². The molecule has 1 saturated heterocycles. The Morgan fingerprint density at radius 2 is 2.04 bits per heavy atom. The molecule has 0 bridgehead atoms. The van der Waals surface area contributed by atoms with E-state index >= 15 is 0 Å². The normalized spacial score (nSPS) is 20.8. The molecule has 0 spiro atoms. The molecule has 1 aliphatic rings. The van der Waals surface area contributed by atoms with E-state index < -0.39 is 6.10 Å². The standard InChI is InChI=1S/C19H21FN2O2/c20-15-8-6-14(7-9-15)12-17-18(23)5-3-11-22(17)19(24)13-16-4-1-2-10-21-16/h1-2,4,6-10,17-18,23H,3,5,11-13H2/t17-,18-/m0/s1. The minimum atomic E-state index is -0.559. The van der Waals surface area contributed by atoms with Gasteiger partial charge in [-0.1, -0.05) is 18.2 Å². The van der Waals surface area contributed by atoms with Gasteiger partial charge >= 0.3 is 0 Å². The summed E-state index contributed by atoms with van der Waals surface area (Å²) in [6.45, 7) is 0.634. The highest BCUT2D eigenvalue weighted by Crippen LogP contribution is 2.22. The van der Waals surface area contributed by atoms with Crippen LogP contribution in [0.4, 0.5) is 4.39 Å². The zero-order chi connectivity index (χ0) is 16.9. The highest BCUT2D eigenvalue weighted by molar-refractivity contribution is 5.78. The van der Waals surface area contributed by atoms with E-state index in [1.807, 2.05) is 18.2 Å². The lowest BCUT2D eigenvalue weighted by molar-refractivity contribution is -0.138. The Bertz CT molecular complexity index is 676. The number of rotatable bonds is 4. The number of pyridine rings is 1. The van der Waals surface area contributed by atoms with Gasteiger partial charge in [0.15, 0.2) is 0 Å². The van der Waals surface area contributed by atoms with Crippen LogP contribution in [0, 0.1) is 5.82 Å². The van der Waals surface area contributed by atoms with E-state index in [4.69, 9.17) is 0 Å². The highest BCUT2D eigenvalue weighted by Gasteiger charge is 2.33. The van der Waals surface area contributed by atoms with Crippen molar-refractivity contribution in [3.63, 3.8) is 0 Å². The molecule has 1 N–H and O–H groups in total. The quantitative estimate of drug-likeness (QED) is 0.937. The molecule has 2 aromatic rings. The van der Waals surface area contributed by atoms with Crippen molar-refractivity contribution in [2.24, 2.45) is 0 Å².